The van der Waals surface area contributed by atoms with Crippen molar-refractivity contribution in [3.63, 3.8) is 0 Å². The summed E-state index contributed by atoms with van der Waals surface area (Å²) in [6.07, 6.45) is 3.51. The minimum Gasteiger partial charge on any atom is -0.497 e. The van der Waals surface area contributed by atoms with Crippen LogP contribution in [-0.2, 0) is 14.3 Å². The predicted octanol–water partition coefficient (Wildman–Crippen LogP) is 3.47. The van der Waals surface area contributed by atoms with Gasteiger partial charge in [-0.2, -0.15) is 0 Å². The summed E-state index contributed by atoms with van der Waals surface area (Å²) in [5.74, 6) is -0.364. The van der Waals surface area contributed by atoms with Gasteiger partial charge in [0.1, 0.15) is 11.8 Å². The van der Waals surface area contributed by atoms with Gasteiger partial charge in [0, 0.05) is 17.6 Å². The second-order valence-electron chi connectivity index (χ2n) is 5.98. The maximum Gasteiger partial charge on any atom is 0.329 e. The number of benzene rings is 1. The van der Waals surface area contributed by atoms with Crippen LogP contribution in [0.2, 0.25) is 0 Å². The zero-order chi connectivity index (χ0) is 20.3. The number of carbonyl (C=O) groups excluding carboxylic acids is 3. The van der Waals surface area contributed by atoms with Gasteiger partial charge in [0.2, 0.25) is 0 Å². The Morgan fingerprint density at radius 3 is 2.57 bits per heavy atom. The van der Waals surface area contributed by atoms with Crippen LogP contribution in [0.1, 0.15) is 19.5 Å². The molecule has 1 atom stereocenters. The number of carbonyl (C=O) groups is 3. The van der Waals surface area contributed by atoms with Gasteiger partial charge in [0.25, 0.3) is 11.1 Å². The molecular formula is C20H20N2O5S. The van der Waals surface area contributed by atoms with E-state index in [9.17, 15) is 14.4 Å². The molecule has 1 saturated heterocycles. The molecule has 0 bridgehead atoms. The highest BCUT2D eigenvalue weighted by molar-refractivity contribution is 8.18. The maximum atomic E-state index is 12.7. The number of ether oxygens (including phenoxy) is 2. The van der Waals surface area contributed by atoms with E-state index in [4.69, 9.17) is 9.47 Å². The number of imide groups is 1. The minimum atomic E-state index is -0.966. The number of amides is 2. The fourth-order valence-electron chi connectivity index (χ4n) is 2.81. The highest BCUT2D eigenvalue weighted by Crippen LogP contribution is 2.34. The van der Waals surface area contributed by atoms with Gasteiger partial charge in [-0.15, -0.1) is 0 Å². The average Bonchev–Trinajstić information content (AvgIpc) is 3.26. The third kappa shape index (κ3) is 3.82. The number of rotatable bonds is 6. The van der Waals surface area contributed by atoms with E-state index in [2.05, 4.69) is 0 Å². The van der Waals surface area contributed by atoms with Crippen molar-refractivity contribution >= 4 is 35.0 Å². The van der Waals surface area contributed by atoms with Crippen molar-refractivity contribution in [3.8, 4) is 11.4 Å². The number of nitrogens with zero attached hydrogens (tertiary/aromatic N) is 2. The van der Waals surface area contributed by atoms with Crippen molar-refractivity contribution in [2.75, 3.05) is 13.7 Å². The topological polar surface area (TPSA) is 77.8 Å². The van der Waals surface area contributed by atoms with Gasteiger partial charge < -0.3 is 14.0 Å². The monoisotopic (exact) mass is 400 g/mol. The summed E-state index contributed by atoms with van der Waals surface area (Å²) in [6, 6.07) is 10.2. The number of thioether (sulfide) groups is 1. The van der Waals surface area contributed by atoms with Gasteiger partial charge >= 0.3 is 5.97 Å². The summed E-state index contributed by atoms with van der Waals surface area (Å²) in [6.45, 7) is 3.34. The van der Waals surface area contributed by atoms with Crippen LogP contribution in [0.4, 0.5) is 4.79 Å². The quantitative estimate of drug-likeness (QED) is 0.546. The van der Waals surface area contributed by atoms with Gasteiger partial charge in [-0.1, -0.05) is 0 Å². The lowest BCUT2D eigenvalue weighted by Gasteiger charge is -2.19. The highest BCUT2D eigenvalue weighted by Gasteiger charge is 2.41. The molecule has 7 nitrogen and oxygen atoms in total. The molecule has 1 fully saturated rings. The van der Waals surface area contributed by atoms with Crippen LogP contribution in [0.15, 0.2) is 47.5 Å². The molecule has 28 heavy (non-hydrogen) atoms. The standard InChI is InChI=1S/C20H20N2O5S/c1-4-27-19(24)13(2)22-18(23)17(28-20(22)25)12-15-6-5-11-21(15)14-7-9-16(26-3)10-8-14/h5-13H,4H2,1-3H3/b17-12-/t13-/m0/s1. The first-order valence-electron chi connectivity index (χ1n) is 8.71. The first-order chi connectivity index (χ1) is 13.5. The van der Waals surface area contributed by atoms with E-state index >= 15 is 0 Å². The van der Waals surface area contributed by atoms with E-state index in [0.29, 0.717) is 0 Å². The van der Waals surface area contributed by atoms with Gasteiger partial charge in [-0.25, -0.2) is 4.79 Å². The second-order valence-corrected chi connectivity index (χ2v) is 6.97. The van der Waals surface area contributed by atoms with Gasteiger partial charge in [-0.3, -0.25) is 14.5 Å². The molecule has 1 aromatic carbocycles. The van der Waals surface area contributed by atoms with E-state index in [-0.39, 0.29) is 11.5 Å². The van der Waals surface area contributed by atoms with Crippen molar-refractivity contribution in [1.82, 2.24) is 9.47 Å². The Labute approximate surface area is 166 Å². The summed E-state index contributed by atoms with van der Waals surface area (Å²) in [5.41, 5.74) is 1.62. The first kappa shape index (κ1) is 19.8. The molecule has 1 aliphatic rings. The van der Waals surface area contributed by atoms with E-state index in [1.165, 1.54) is 6.92 Å². The Bertz CT molecular complexity index is 932. The van der Waals surface area contributed by atoms with Crippen LogP contribution in [0, 0.1) is 0 Å². The minimum absolute atomic E-state index is 0.185. The number of aromatic nitrogens is 1. The van der Waals surface area contributed by atoms with Crippen LogP contribution in [0.3, 0.4) is 0 Å². The number of hydrogen-bond acceptors (Lipinski definition) is 6. The Morgan fingerprint density at radius 1 is 1.21 bits per heavy atom. The smallest absolute Gasteiger partial charge is 0.329 e. The molecule has 0 unspecified atom stereocenters. The fraction of sp³-hybridized carbons (Fsp3) is 0.250. The molecule has 0 aliphatic carbocycles. The molecule has 2 aromatic rings. The highest BCUT2D eigenvalue weighted by atomic mass is 32.2. The molecule has 146 valence electrons. The fourth-order valence-corrected chi connectivity index (χ4v) is 3.70. The molecule has 2 heterocycles. The Hall–Kier alpha value is -3.00. The molecule has 0 radical (unpaired) electrons. The lowest BCUT2D eigenvalue weighted by molar-refractivity contribution is -0.150. The Kier molecular flexibility index (Phi) is 5.89. The number of esters is 1. The van der Waals surface area contributed by atoms with Gasteiger partial charge in [-0.05, 0) is 68.1 Å². The molecule has 3 rings (SSSR count). The zero-order valence-corrected chi connectivity index (χ0v) is 16.6. The van der Waals surface area contributed by atoms with Crippen LogP contribution < -0.4 is 4.74 Å². The summed E-state index contributed by atoms with van der Waals surface area (Å²) in [7, 11) is 1.60. The van der Waals surface area contributed by atoms with E-state index < -0.39 is 23.2 Å². The SMILES string of the molecule is CCOC(=O)[C@H](C)N1C(=O)S/C(=C\c2cccn2-c2ccc(OC)cc2)C1=O. The second kappa shape index (κ2) is 8.35. The largest absolute Gasteiger partial charge is 0.497 e. The number of methoxy groups -OCH3 is 1. The average molecular weight is 400 g/mol. The molecule has 1 aromatic heterocycles. The third-order valence-corrected chi connectivity index (χ3v) is 5.13. The summed E-state index contributed by atoms with van der Waals surface area (Å²) in [5, 5.41) is -0.487. The van der Waals surface area contributed by atoms with Crippen molar-refractivity contribution in [2.45, 2.75) is 19.9 Å². The molecular weight excluding hydrogens is 380 g/mol. The lowest BCUT2D eigenvalue weighted by atomic mass is 10.2. The van der Waals surface area contributed by atoms with E-state index in [1.54, 1.807) is 20.1 Å². The molecule has 8 heteroatoms. The summed E-state index contributed by atoms with van der Waals surface area (Å²) in [4.78, 5) is 38.1. The molecule has 1 aliphatic heterocycles. The zero-order valence-electron chi connectivity index (χ0n) is 15.7. The normalized spacial score (nSPS) is 16.5. The van der Waals surface area contributed by atoms with Crippen LogP contribution in [0.5, 0.6) is 5.75 Å². The van der Waals surface area contributed by atoms with Crippen molar-refractivity contribution in [1.29, 1.82) is 0 Å². The van der Waals surface area contributed by atoms with Crippen molar-refractivity contribution in [2.24, 2.45) is 0 Å². The van der Waals surface area contributed by atoms with Crippen LogP contribution in [-0.4, -0.2) is 46.3 Å². The van der Waals surface area contributed by atoms with Crippen LogP contribution in [0.25, 0.3) is 11.8 Å². The Morgan fingerprint density at radius 2 is 1.93 bits per heavy atom. The maximum absolute atomic E-state index is 12.7. The van der Waals surface area contributed by atoms with Crippen molar-refractivity contribution in [3.05, 3.63) is 53.2 Å². The van der Waals surface area contributed by atoms with E-state index in [0.717, 1.165) is 33.8 Å². The molecule has 0 saturated carbocycles. The van der Waals surface area contributed by atoms with Gasteiger partial charge in [0.05, 0.1) is 18.6 Å². The van der Waals surface area contributed by atoms with Crippen molar-refractivity contribution < 1.29 is 23.9 Å². The van der Waals surface area contributed by atoms with Crippen LogP contribution >= 0.6 is 11.8 Å². The predicted molar refractivity (Wildman–Crippen MR) is 106 cm³/mol. The lowest BCUT2D eigenvalue weighted by Crippen LogP contribution is -2.42. The van der Waals surface area contributed by atoms with Gasteiger partial charge in [0.15, 0.2) is 0 Å². The first-order valence-corrected chi connectivity index (χ1v) is 9.53. The summed E-state index contributed by atoms with van der Waals surface area (Å²) >= 11 is 0.811. The summed E-state index contributed by atoms with van der Waals surface area (Å²) < 4.78 is 12.0. The number of hydrogen-bond donors (Lipinski definition) is 0. The molecule has 0 spiro atoms. The Balaban J connectivity index is 1.87. The molecule has 0 N–H and O–H groups in total. The third-order valence-electron chi connectivity index (χ3n) is 4.25. The van der Waals surface area contributed by atoms with E-state index in [1.807, 2.05) is 47.2 Å². The molecule has 2 amide bonds.